The number of benzene rings is 1. The van der Waals surface area contributed by atoms with Gasteiger partial charge in [-0.2, -0.15) is 0 Å². The maximum absolute atomic E-state index is 3.50. The summed E-state index contributed by atoms with van der Waals surface area (Å²) in [5.41, 5.74) is 1.56. The normalized spacial score (nSPS) is 12.1. The van der Waals surface area contributed by atoms with Crippen molar-refractivity contribution in [1.29, 1.82) is 0 Å². The number of halogens is 1. The molecule has 0 fully saturated rings. The van der Waals surface area contributed by atoms with Crippen LogP contribution < -0.4 is 5.32 Å². The predicted octanol–water partition coefficient (Wildman–Crippen LogP) is 3.27. The summed E-state index contributed by atoms with van der Waals surface area (Å²) in [5, 5.41) is 3.50. The summed E-state index contributed by atoms with van der Waals surface area (Å²) in [6.45, 7) is 9.67. The Kier molecular flexibility index (Phi) is 5.63. The molecular formula is C14H23BrN2. The highest BCUT2D eigenvalue weighted by molar-refractivity contribution is 9.10. The lowest BCUT2D eigenvalue weighted by atomic mass is 10.1. The van der Waals surface area contributed by atoms with Crippen LogP contribution in [0.25, 0.3) is 0 Å². The zero-order chi connectivity index (χ0) is 12.9. The van der Waals surface area contributed by atoms with Crippen LogP contribution in [-0.4, -0.2) is 30.6 Å². The fourth-order valence-corrected chi connectivity index (χ4v) is 1.87. The lowest BCUT2D eigenvalue weighted by molar-refractivity contribution is 0.303. The van der Waals surface area contributed by atoms with Crippen LogP contribution in [0.3, 0.4) is 0 Å². The van der Waals surface area contributed by atoms with E-state index in [-0.39, 0.29) is 5.54 Å². The summed E-state index contributed by atoms with van der Waals surface area (Å²) in [6, 6.07) is 8.52. The van der Waals surface area contributed by atoms with Crippen LogP contribution in [0.5, 0.6) is 0 Å². The second-order valence-corrected chi connectivity index (χ2v) is 6.46. The molecule has 96 valence electrons. The van der Waals surface area contributed by atoms with Crippen LogP contribution in [0.15, 0.2) is 28.7 Å². The third-order valence-corrected chi connectivity index (χ3v) is 3.04. The van der Waals surface area contributed by atoms with E-state index >= 15 is 0 Å². The molecule has 0 saturated carbocycles. The van der Waals surface area contributed by atoms with Gasteiger partial charge in [0.15, 0.2) is 0 Å². The first kappa shape index (κ1) is 14.7. The van der Waals surface area contributed by atoms with E-state index in [1.807, 2.05) is 0 Å². The van der Waals surface area contributed by atoms with Crippen molar-refractivity contribution in [2.24, 2.45) is 0 Å². The summed E-state index contributed by atoms with van der Waals surface area (Å²) < 4.78 is 1.14. The van der Waals surface area contributed by atoms with Crippen molar-refractivity contribution in [3.8, 4) is 0 Å². The molecule has 0 saturated heterocycles. The van der Waals surface area contributed by atoms with Crippen molar-refractivity contribution in [2.75, 3.05) is 20.1 Å². The first-order valence-corrected chi connectivity index (χ1v) is 6.84. The molecule has 1 aromatic carbocycles. The van der Waals surface area contributed by atoms with Gasteiger partial charge in [0, 0.05) is 29.6 Å². The maximum Gasteiger partial charge on any atom is 0.0231 e. The molecule has 0 aliphatic rings. The first-order chi connectivity index (χ1) is 7.87. The molecule has 0 spiro atoms. The van der Waals surface area contributed by atoms with E-state index in [0.717, 1.165) is 24.1 Å². The molecular weight excluding hydrogens is 276 g/mol. The average Bonchev–Trinajstić information content (AvgIpc) is 2.19. The first-order valence-electron chi connectivity index (χ1n) is 6.05. The molecule has 1 aromatic rings. The summed E-state index contributed by atoms with van der Waals surface area (Å²) in [7, 11) is 2.16. The largest absolute Gasteiger partial charge is 0.311 e. The Balaban J connectivity index is 2.30. The molecule has 0 aliphatic heterocycles. The summed E-state index contributed by atoms with van der Waals surface area (Å²) >= 11 is 3.45. The minimum atomic E-state index is 0.207. The van der Waals surface area contributed by atoms with E-state index in [0.29, 0.717) is 0 Å². The van der Waals surface area contributed by atoms with Crippen molar-refractivity contribution in [1.82, 2.24) is 10.2 Å². The zero-order valence-corrected chi connectivity index (χ0v) is 12.8. The molecule has 0 aromatic heterocycles. The molecule has 0 heterocycles. The van der Waals surface area contributed by atoms with Crippen molar-refractivity contribution in [3.05, 3.63) is 34.3 Å². The number of hydrogen-bond acceptors (Lipinski definition) is 2. The van der Waals surface area contributed by atoms with Crippen LogP contribution in [0.4, 0.5) is 0 Å². The Morgan fingerprint density at radius 2 is 1.76 bits per heavy atom. The predicted molar refractivity (Wildman–Crippen MR) is 78.2 cm³/mol. The second kappa shape index (κ2) is 6.53. The molecule has 3 heteroatoms. The van der Waals surface area contributed by atoms with Crippen LogP contribution in [-0.2, 0) is 6.54 Å². The van der Waals surface area contributed by atoms with Gasteiger partial charge in [-0.25, -0.2) is 0 Å². The van der Waals surface area contributed by atoms with Gasteiger partial charge in [-0.1, -0.05) is 28.1 Å². The number of nitrogens with zero attached hydrogens (tertiary/aromatic N) is 1. The van der Waals surface area contributed by atoms with Gasteiger partial charge >= 0.3 is 0 Å². The third kappa shape index (κ3) is 6.81. The summed E-state index contributed by atoms with van der Waals surface area (Å²) in [6.07, 6.45) is 0. The zero-order valence-electron chi connectivity index (χ0n) is 11.3. The number of likely N-dealkylation sites (N-methyl/N-ethyl adjacent to an activating group) is 1. The van der Waals surface area contributed by atoms with Gasteiger partial charge in [0.25, 0.3) is 0 Å². The minimum Gasteiger partial charge on any atom is -0.311 e. The van der Waals surface area contributed by atoms with E-state index in [9.17, 15) is 0 Å². The van der Waals surface area contributed by atoms with Crippen molar-refractivity contribution >= 4 is 15.9 Å². The second-order valence-electron chi connectivity index (χ2n) is 5.54. The van der Waals surface area contributed by atoms with Crippen LogP contribution in [0, 0.1) is 0 Å². The fourth-order valence-electron chi connectivity index (χ4n) is 1.60. The topological polar surface area (TPSA) is 15.3 Å². The SMILES string of the molecule is CN(CCNC(C)(C)C)Cc1ccc(Br)cc1. The van der Waals surface area contributed by atoms with E-state index < -0.39 is 0 Å². The van der Waals surface area contributed by atoms with Crippen LogP contribution >= 0.6 is 15.9 Å². The molecule has 0 unspecified atom stereocenters. The van der Waals surface area contributed by atoms with E-state index in [2.05, 4.69) is 78.2 Å². The highest BCUT2D eigenvalue weighted by Gasteiger charge is 2.08. The Hall–Kier alpha value is -0.380. The number of rotatable bonds is 5. The molecule has 1 N–H and O–H groups in total. The van der Waals surface area contributed by atoms with Crippen LogP contribution in [0.1, 0.15) is 26.3 Å². The molecule has 1 rings (SSSR count). The summed E-state index contributed by atoms with van der Waals surface area (Å²) in [4.78, 5) is 2.34. The molecule has 2 nitrogen and oxygen atoms in total. The Morgan fingerprint density at radius 1 is 1.18 bits per heavy atom. The van der Waals surface area contributed by atoms with Gasteiger partial charge in [-0.15, -0.1) is 0 Å². The van der Waals surface area contributed by atoms with Gasteiger partial charge in [0.05, 0.1) is 0 Å². The Labute approximate surface area is 114 Å². The van der Waals surface area contributed by atoms with Gasteiger partial charge < -0.3 is 10.2 Å². The average molecular weight is 299 g/mol. The fraction of sp³-hybridized carbons (Fsp3) is 0.571. The Morgan fingerprint density at radius 3 is 2.29 bits per heavy atom. The molecule has 0 amide bonds. The molecule has 0 radical (unpaired) electrons. The van der Waals surface area contributed by atoms with E-state index in [4.69, 9.17) is 0 Å². The quantitative estimate of drug-likeness (QED) is 0.897. The van der Waals surface area contributed by atoms with E-state index in [1.165, 1.54) is 5.56 Å². The lowest BCUT2D eigenvalue weighted by Crippen LogP contribution is -2.40. The van der Waals surface area contributed by atoms with E-state index in [1.54, 1.807) is 0 Å². The van der Waals surface area contributed by atoms with Gasteiger partial charge in [0.2, 0.25) is 0 Å². The van der Waals surface area contributed by atoms with Crippen molar-refractivity contribution in [2.45, 2.75) is 32.9 Å². The molecule has 0 bridgehead atoms. The monoisotopic (exact) mass is 298 g/mol. The van der Waals surface area contributed by atoms with Crippen molar-refractivity contribution in [3.63, 3.8) is 0 Å². The number of hydrogen-bond donors (Lipinski definition) is 1. The third-order valence-electron chi connectivity index (χ3n) is 2.51. The smallest absolute Gasteiger partial charge is 0.0231 e. The molecule has 17 heavy (non-hydrogen) atoms. The maximum atomic E-state index is 3.50. The highest BCUT2D eigenvalue weighted by atomic mass is 79.9. The van der Waals surface area contributed by atoms with Gasteiger partial charge in [0.1, 0.15) is 0 Å². The lowest BCUT2D eigenvalue weighted by Gasteiger charge is -2.23. The van der Waals surface area contributed by atoms with Crippen molar-refractivity contribution < 1.29 is 0 Å². The van der Waals surface area contributed by atoms with Gasteiger partial charge in [-0.3, -0.25) is 0 Å². The van der Waals surface area contributed by atoms with Crippen LogP contribution in [0.2, 0.25) is 0 Å². The Bertz CT molecular complexity index is 327. The molecule has 0 aliphatic carbocycles. The molecule has 0 atom stereocenters. The number of nitrogens with one attached hydrogen (secondary N) is 1. The highest BCUT2D eigenvalue weighted by Crippen LogP contribution is 2.11. The minimum absolute atomic E-state index is 0.207. The standard InChI is InChI=1S/C14H23BrN2/c1-14(2,3)16-9-10-17(4)11-12-5-7-13(15)8-6-12/h5-8,16H,9-11H2,1-4H3. The van der Waals surface area contributed by atoms with Gasteiger partial charge in [-0.05, 0) is 45.5 Å². The summed E-state index contributed by atoms with van der Waals surface area (Å²) in [5.74, 6) is 0.